The van der Waals surface area contributed by atoms with Gasteiger partial charge in [-0.25, -0.2) is 4.79 Å². The van der Waals surface area contributed by atoms with Crippen molar-refractivity contribution in [3.05, 3.63) is 35.9 Å². The minimum atomic E-state index is -1.65. The van der Waals surface area contributed by atoms with Crippen LogP contribution in [-0.4, -0.2) is 41.7 Å². The third-order valence-electron chi connectivity index (χ3n) is 3.58. The van der Waals surface area contributed by atoms with Crippen molar-refractivity contribution < 1.29 is 19.1 Å². The minimum Gasteiger partial charge on any atom is -0.459 e. The number of rotatable bonds is 5. The molecule has 0 saturated carbocycles. The summed E-state index contributed by atoms with van der Waals surface area (Å²) in [6.45, 7) is 0.106. The van der Waals surface area contributed by atoms with E-state index in [1.807, 2.05) is 30.3 Å². The zero-order valence-electron chi connectivity index (χ0n) is 11.6. The fourth-order valence-corrected chi connectivity index (χ4v) is 2.47. The van der Waals surface area contributed by atoms with E-state index in [4.69, 9.17) is 10.5 Å². The monoisotopic (exact) mass is 289 g/mol. The standard InChI is InChI=1S/C15H17N2O4/c16-9-13(19)17-8-4-7-15(17,11-18)14(20)21-10-12-5-2-1-3-6-12/h1-3,5-6H,4,7-10,16H2/t15-/m0/s1. The first-order valence-electron chi connectivity index (χ1n) is 6.75. The summed E-state index contributed by atoms with van der Waals surface area (Å²) in [5, 5.41) is 0. The van der Waals surface area contributed by atoms with Crippen molar-refractivity contribution in [3.63, 3.8) is 0 Å². The predicted molar refractivity (Wildman–Crippen MR) is 74.7 cm³/mol. The van der Waals surface area contributed by atoms with E-state index < -0.39 is 17.4 Å². The first-order chi connectivity index (χ1) is 10.1. The third kappa shape index (κ3) is 2.95. The van der Waals surface area contributed by atoms with Crippen molar-refractivity contribution in [2.75, 3.05) is 13.1 Å². The van der Waals surface area contributed by atoms with Crippen LogP contribution < -0.4 is 5.73 Å². The molecule has 1 fully saturated rings. The maximum absolute atomic E-state index is 12.3. The average Bonchev–Trinajstić information content (AvgIpc) is 2.98. The predicted octanol–water partition coefficient (Wildman–Crippen LogP) is 0.159. The molecule has 2 N–H and O–H groups in total. The van der Waals surface area contributed by atoms with Crippen molar-refractivity contribution >= 4 is 18.2 Å². The number of nitrogens with two attached hydrogens (primary N) is 1. The van der Waals surface area contributed by atoms with Gasteiger partial charge in [-0.1, -0.05) is 30.3 Å². The average molecular weight is 289 g/mol. The SMILES string of the molecule is NCC(=O)N1CCC[C@]1([C]=O)C(=O)OCc1ccccc1. The van der Waals surface area contributed by atoms with Gasteiger partial charge in [0.05, 0.1) is 6.54 Å². The van der Waals surface area contributed by atoms with E-state index in [-0.39, 0.29) is 19.6 Å². The van der Waals surface area contributed by atoms with E-state index in [2.05, 4.69) is 0 Å². The first kappa shape index (κ1) is 15.2. The lowest BCUT2D eigenvalue weighted by Gasteiger charge is -2.30. The van der Waals surface area contributed by atoms with Crippen molar-refractivity contribution in [1.29, 1.82) is 0 Å². The lowest BCUT2D eigenvalue weighted by atomic mass is 9.98. The Morgan fingerprint density at radius 1 is 1.33 bits per heavy atom. The Morgan fingerprint density at radius 2 is 2.05 bits per heavy atom. The van der Waals surface area contributed by atoms with Gasteiger partial charge in [0.1, 0.15) is 6.61 Å². The number of amides is 1. The highest BCUT2D eigenvalue weighted by atomic mass is 16.5. The molecular formula is C15H17N2O4. The molecule has 6 nitrogen and oxygen atoms in total. The molecule has 1 atom stereocenters. The highest BCUT2D eigenvalue weighted by Crippen LogP contribution is 2.29. The van der Waals surface area contributed by atoms with Crippen LogP contribution in [0.3, 0.4) is 0 Å². The summed E-state index contributed by atoms with van der Waals surface area (Å²) < 4.78 is 5.20. The molecule has 2 rings (SSSR count). The van der Waals surface area contributed by atoms with Gasteiger partial charge in [-0.2, -0.15) is 0 Å². The molecule has 1 aromatic carbocycles. The molecule has 0 aromatic heterocycles. The number of carbonyl (C=O) groups excluding carboxylic acids is 3. The molecule has 1 saturated heterocycles. The molecule has 0 aliphatic carbocycles. The van der Waals surface area contributed by atoms with Gasteiger partial charge in [0, 0.05) is 6.54 Å². The Labute approximate surface area is 122 Å². The third-order valence-corrected chi connectivity index (χ3v) is 3.58. The summed E-state index contributed by atoms with van der Waals surface area (Å²) >= 11 is 0. The van der Waals surface area contributed by atoms with Crippen LogP contribution in [0.4, 0.5) is 0 Å². The van der Waals surface area contributed by atoms with Gasteiger partial charge in [0.2, 0.25) is 17.7 Å². The summed E-state index contributed by atoms with van der Waals surface area (Å²) in [7, 11) is 0. The number of ether oxygens (including phenoxy) is 1. The smallest absolute Gasteiger partial charge is 0.340 e. The number of hydrogen-bond donors (Lipinski definition) is 1. The summed E-state index contributed by atoms with van der Waals surface area (Å²) in [5.41, 5.74) is 4.48. The Balaban J connectivity index is 2.10. The summed E-state index contributed by atoms with van der Waals surface area (Å²) in [6.07, 6.45) is 2.46. The molecule has 1 radical (unpaired) electrons. The topological polar surface area (TPSA) is 89.7 Å². The zero-order valence-corrected chi connectivity index (χ0v) is 11.6. The van der Waals surface area contributed by atoms with Crippen LogP contribution in [0.5, 0.6) is 0 Å². The van der Waals surface area contributed by atoms with Crippen LogP contribution in [0.15, 0.2) is 30.3 Å². The van der Waals surface area contributed by atoms with Gasteiger partial charge in [0.15, 0.2) is 0 Å². The summed E-state index contributed by atoms with van der Waals surface area (Å²) in [5.74, 6) is -1.20. The quantitative estimate of drug-likeness (QED) is 0.616. The van der Waals surface area contributed by atoms with E-state index in [0.29, 0.717) is 13.0 Å². The van der Waals surface area contributed by atoms with Gasteiger partial charge in [0.25, 0.3) is 0 Å². The fraction of sp³-hybridized carbons (Fsp3) is 0.400. The van der Waals surface area contributed by atoms with E-state index in [0.717, 1.165) is 5.56 Å². The molecule has 1 aliphatic heterocycles. The van der Waals surface area contributed by atoms with Crippen LogP contribution in [0, 0.1) is 0 Å². The van der Waals surface area contributed by atoms with Crippen molar-refractivity contribution in [3.8, 4) is 0 Å². The van der Waals surface area contributed by atoms with Gasteiger partial charge < -0.3 is 15.4 Å². The number of likely N-dealkylation sites (tertiary alicyclic amines) is 1. The Hall–Kier alpha value is -2.21. The van der Waals surface area contributed by atoms with E-state index >= 15 is 0 Å². The van der Waals surface area contributed by atoms with Crippen molar-refractivity contribution in [2.24, 2.45) is 5.73 Å². The number of carbonyl (C=O) groups is 2. The number of esters is 1. The lowest BCUT2D eigenvalue weighted by molar-refractivity contribution is -0.158. The van der Waals surface area contributed by atoms with Crippen LogP contribution in [0.25, 0.3) is 0 Å². The molecule has 0 unspecified atom stereocenters. The highest BCUT2D eigenvalue weighted by molar-refractivity contribution is 6.03. The zero-order chi connectivity index (χ0) is 15.3. The highest BCUT2D eigenvalue weighted by Gasteiger charge is 2.51. The van der Waals surface area contributed by atoms with Gasteiger partial charge >= 0.3 is 5.97 Å². The summed E-state index contributed by atoms with van der Waals surface area (Å²) in [4.78, 5) is 36.6. The Bertz CT molecular complexity index is 532. The minimum absolute atomic E-state index is 0.0494. The molecule has 1 heterocycles. The van der Waals surface area contributed by atoms with Crippen molar-refractivity contribution in [1.82, 2.24) is 4.90 Å². The first-order valence-corrected chi connectivity index (χ1v) is 6.75. The fourth-order valence-electron chi connectivity index (χ4n) is 2.47. The maximum Gasteiger partial charge on any atom is 0.340 e. The second-order valence-electron chi connectivity index (χ2n) is 4.88. The van der Waals surface area contributed by atoms with Crippen LogP contribution in [-0.2, 0) is 25.7 Å². The molecule has 1 aromatic rings. The van der Waals surface area contributed by atoms with E-state index in [1.54, 1.807) is 6.29 Å². The molecule has 0 spiro atoms. The molecule has 1 amide bonds. The van der Waals surface area contributed by atoms with E-state index in [1.165, 1.54) is 4.90 Å². The normalized spacial score (nSPS) is 21.1. The second-order valence-corrected chi connectivity index (χ2v) is 4.88. The van der Waals surface area contributed by atoms with Gasteiger partial charge in [-0.3, -0.25) is 9.59 Å². The van der Waals surface area contributed by atoms with Crippen LogP contribution in [0.2, 0.25) is 0 Å². The number of hydrogen-bond acceptors (Lipinski definition) is 5. The van der Waals surface area contributed by atoms with Crippen LogP contribution in [0.1, 0.15) is 18.4 Å². The molecule has 21 heavy (non-hydrogen) atoms. The second kappa shape index (κ2) is 6.49. The number of nitrogens with zero attached hydrogens (tertiary/aromatic N) is 1. The largest absolute Gasteiger partial charge is 0.459 e. The summed E-state index contributed by atoms with van der Waals surface area (Å²) in [6, 6.07) is 9.11. The number of benzene rings is 1. The van der Waals surface area contributed by atoms with Crippen LogP contribution >= 0.6 is 0 Å². The Kier molecular flexibility index (Phi) is 4.70. The van der Waals surface area contributed by atoms with Gasteiger partial charge in [-0.15, -0.1) is 0 Å². The molecule has 1 aliphatic rings. The van der Waals surface area contributed by atoms with Crippen molar-refractivity contribution in [2.45, 2.75) is 25.0 Å². The molecule has 0 bridgehead atoms. The van der Waals surface area contributed by atoms with E-state index in [9.17, 15) is 14.4 Å². The lowest BCUT2D eigenvalue weighted by Crippen LogP contribution is -2.56. The Morgan fingerprint density at radius 3 is 2.67 bits per heavy atom. The molecule has 6 heteroatoms. The molecular weight excluding hydrogens is 272 g/mol. The maximum atomic E-state index is 12.3. The molecule has 111 valence electrons. The van der Waals surface area contributed by atoms with Gasteiger partial charge in [-0.05, 0) is 18.4 Å².